The number of amides is 3. The highest BCUT2D eigenvalue weighted by atomic mass is 32.1. The molecule has 0 saturated heterocycles. The van der Waals surface area contributed by atoms with Crippen LogP contribution in [0.5, 0.6) is 0 Å². The first-order valence-electron chi connectivity index (χ1n) is 6.68. The van der Waals surface area contributed by atoms with Gasteiger partial charge in [0.25, 0.3) is 0 Å². The molecule has 0 atom stereocenters. The smallest absolute Gasteiger partial charge is 0.224 e. The van der Waals surface area contributed by atoms with E-state index in [4.69, 9.17) is 0 Å². The molecule has 0 heterocycles. The Kier molecular flexibility index (Phi) is 12.8. The molecule has 0 aromatic heterocycles. The molecule has 6 nitrogen and oxygen atoms in total. The predicted molar refractivity (Wildman–Crippen MR) is 93.3 cm³/mol. The molecule has 0 aliphatic rings. The summed E-state index contributed by atoms with van der Waals surface area (Å²) < 4.78 is 0. The van der Waals surface area contributed by atoms with Gasteiger partial charge in [0.05, 0.1) is 5.92 Å². The van der Waals surface area contributed by atoms with E-state index in [-0.39, 0.29) is 30.6 Å². The van der Waals surface area contributed by atoms with Crippen molar-refractivity contribution in [2.24, 2.45) is 5.92 Å². The maximum atomic E-state index is 12.0. The zero-order chi connectivity index (χ0) is 16.1. The van der Waals surface area contributed by atoms with Crippen molar-refractivity contribution < 1.29 is 14.4 Å². The fourth-order valence-electron chi connectivity index (χ4n) is 1.56. The average molecular weight is 354 g/mol. The number of carbonyl (C=O) groups excluding carboxylic acids is 3. The molecule has 122 valence electrons. The van der Waals surface area contributed by atoms with Crippen LogP contribution in [0.1, 0.15) is 12.8 Å². The summed E-state index contributed by atoms with van der Waals surface area (Å²) in [6.07, 6.45) is -0.0546. The first-order valence-corrected chi connectivity index (χ1v) is 8.58. The normalized spacial score (nSPS) is 10.3. The van der Waals surface area contributed by atoms with Crippen molar-refractivity contribution in [3.63, 3.8) is 0 Å². The van der Waals surface area contributed by atoms with Crippen LogP contribution in [0.4, 0.5) is 0 Å². The van der Waals surface area contributed by atoms with Crippen LogP contribution in [0.3, 0.4) is 0 Å². The molecule has 0 radical (unpaired) electrons. The van der Waals surface area contributed by atoms with Gasteiger partial charge in [-0.3, -0.25) is 14.4 Å². The van der Waals surface area contributed by atoms with Gasteiger partial charge < -0.3 is 16.0 Å². The second-order valence-electron chi connectivity index (χ2n) is 4.27. The lowest BCUT2D eigenvalue weighted by molar-refractivity contribution is -0.133. The van der Waals surface area contributed by atoms with Gasteiger partial charge in [0.2, 0.25) is 17.7 Å². The monoisotopic (exact) mass is 353 g/mol. The Morgan fingerprint density at radius 2 is 1.10 bits per heavy atom. The van der Waals surface area contributed by atoms with E-state index < -0.39 is 5.92 Å². The summed E-state index contributed by atoms with van der Waals surface area (Å²) in [6, 6.07) is 0. The topological polar surface area (TPSA) is 87.3 Å². The van der Waals surface area contributed by atoms with E-state index in [2.05, 4.69) is 53.8 Å². The van der Waals surface area contributed by atoms with Crippen molar-refractivity contribution in [2.75, 3.05) is 36.9 Å². The molecule has 0 spiro atoms. The number of thiol groups is 3. The van der Waals surface area contributed by atoms with Gasteiger partial charge in [-0.2, -0.15) is 37.9 Å². The lowest BCUT2D eigenvalue weighted by Crippen LogP contribution is -2.39. The van der Waals surface area contributed by atoms with Crippen LogP contribution in [-0.4, -0.2) is 54.6 Å². The maximum absolute atomic E-state index is 12.0. The van der Waals surface area contributed by atoms with Crippen molar-refractivity contribution in [3.05, 3.63) is 0 Å². The fraction of sp³-hybridized carbons (Fsp3) is 0.750. The summed E-state index contributed by atoms with van der Waals surface area (Å²) >= 11 is 12.0. The van der Waals surface area contributed by atoms with E-state index in [1.54, 1.807) is 0 Å². The molecule has 0 aromatic carbocycles. The molecule has 3 amide bonds. The van der Waals surface area contributed by atoms with Gasteiger partial charge in [-0.15, -0.1) is 0 Å². The Morgan fingerprint density at radius 1 is 0.714 bits per heavy atom. The highest BCUT2D eigenvalue weighted by molar-refractivity contribution is 7.80. The third kappa shape index (κ3) is 10.8. The zero-order valence-corrected chi connectivity index (χ0v) is 14.5. The van der Waals surface area contributed by atoms with Gasteiger partial charge >= 0.3 is 0 Å². The molecule has 0 fully saturated rings. The lowest BCUT2D eigenvalue weighted by atomic mass is 9.99. The van der Waals surface area contributed by atoms with Crippen molar-refractivity contribution >= 4 is 55.6 Å². The molecule has 0 aromatic rings. The molecule has 0 bridgehead atoms. The molecule has 3 N–H and O–H groups in total. The Labute approximate surface area is 141 Å². The van der Waals surface area contributed by atoms with Gasteiger partial charge in [-0.05, 0) is 0 Å². The summed E-state index contributed by atoms with van der Waals surface area (Å²) in [7, 11) is 0. The van der Waals surface area contributed by atoms with Crippen LogP contribution in [-0.2, 0) is 14.4 Å². The van der Waals surface area contributed by atoms with Crippen LogP contribution in [0.2, 0.25) is 0 Å². The van der Waals surface area contributed by atoms with E-state index in [0.29, 0.717) is 36.9 Å². The summed E-state index contributed by atoms with van der Waals surface area (Å²) in [6.45, 7) is 1.26. The minimum Gasteiger partial charge on any atom is -0.355 e. The van der Waals surface area contributed by atoms with Crippen molar-refractivity contribution in [3.8, 4) is 0 Å². The highest BCUT2D eigenvalue weighted by Gasteiger charge is 2.24. The molecule has 0 aliphatic heterocycles. The number of hydrogen-bond acceptors (Lipinski definition) is 6. The minimum atomic E-state index is -0.690. The number of nitrogens with one attached hydrogen (secondary N) is 3. The van der Waals surface area contributed by atoms with Crippen LogP contribution in [0.15, 0.2) is 0 Å². The third-order valence-corrected chi connectivity index (χ3v) is 3.18. The zero-order valence-electron chi connectivity index (χ0n) is 11.8. The fourth-order valence-corrected chi connectivity index (χ4v) is 1.90. The van der Waals surface area contributed by atoms with Crippen molar-refractivity contribution in [2.45, 2.75) is 12.8 Å². The molecular weight excluding hydrogens is 330 g/mol. The SMILES string of the molecule is O=C(CC(CC(=O)NCCS)C(=O)NCCS)NCCS. The molecule has 0 rings (SSSR count). The van der Waals surface area contributed by atoms with Crippen LogP contribution < -0.4 is 16.0 Å². The standard InChI is InChI=1S/C12H23N3O3S3/c16-10(13-1-4-19)7-9(12(18)15-3-6-21)8-11(17)14-2-5-20/h9,19-21H,1-8H2,(H,13,16)(H,14,17)(H,15,18). The first-order chi connectivity index (χ1) is 10.0. The molecule has 0 saturated carbocycles. The summed E-state index contributed by atoms with van der Waals surface area (Å²) in [5.74, 6) is -0.00382. The van der Waals surface area contributed by atoms with Gasteiger partial charge in [-0.1, -0.05) is 0 Å². The van der Waals surface area contributed by atoms with Crippen molar-refractivity contribution in [1.82, 2.24) is 16.0 Å². The highest BCUT2D eigenvalue weighted by Crippen LogP contribution is 2.09. The Balaban J connectivity index is 4.49. The molecule has 0 aliphatic carbocycles. The largest absolute Gasteiger partial charge is 0.355 e. The quantitative estimate of drug-likeness (QED) is 0.284. The first kappa shape index (κ1) is 20.5. The van der Waals surface area contributed by atoms with Crippen LogP contribution >= 0.6 is 37.9 Å². The average Bonchev–Trinajstić information content (AvgIpc) is 2.47. The summed E-state index contributed by atoms with van der Waals surface area (Å²) in [4.78, 5) is 35.4. The van der Waals surface area contributed by atoms with Gasteiger partial charge in [0.1, 0.15) is 0 Å². The van der Waals surface area contributed by atoms with Crippen molar-refractivity contribution in [1.29, 1.82) is 0 Å². The van der Waals surface area contributed by atoms with Crippen LogP contribution in [0, 0.1) is 5.92 Å². The van der Waals surface area contributed by atoms with Gasteiger partial charge in [-0.25, -0.2) is 0 Å². The van der Waals surface area contributed by atoms with E-state index >= 15 is 0 Å². The van der Waals surface area contributed by atoms with E-state index in [1.807, 2.05) is 0 Å². The lowest BCUT2D eigenvalue weighted by Gasteiger charge is -2.16. The second-order valence-corrected chi connectivity index (χ2v) is 5.61. The summed E-state index contributed by atoms with van der Waals surface area (Å²) in [5.41, 5.74) is 0. The minimum absolute atomic E-state index is 0.0273. The van der Waals surface area contributed by atoms with E-state index in [0.717, 1.165) is 0 Å². The summed E-state index contributed by atoms with van der Waals surface area (Å²) in [5, 5.41) is 7.92. The molecule has 9 heteroatoms. The maximum Gasteiger partial charge on any atom is 0.224 e. The second kappa shape index (κ2) is 13.1. The number of hydrogen-bond donors (Lipinski definition) is 6. The molecule has 21 heavy (non-hydrogen) atoms. The Hall–Kier alpha value is -0.540. The number of rotatable bonds is 11. The molecule has 0 unspecified atom stereocenters. The van der Waals surface area contributed by atoms with Gasteiger partial charge in [0, 0.05) is 49.7 Å². The number of carbonyl (C=O) groups is 3. The van der Waals surface area contributed by atoms with E-state index in [9.17, 15) is 14.4 Å². The van der Waals surface area contributed by atoms with Crippen LogP contribution in [0.25, 0.3) is 0 Å². The Morgan fingerprint density at radius 3 is 1.48 bits per heavy atom. The van der Waals surface area contributed by atoms with E-state index in [1.165, 1.54) is 0 Å². The third-order valence-electron chi connectivity index (χ3n) is 2.51. The Bertz CT molecular complexity index is 321. The predicted octanol–water partition coefficient (Wildman–Crippen LogP) is -0.479. The van der Waals surface area contributed by atoms with Gasteiger partial charge in [0.15, 0.2) is 0 Å². The molecular formula is C12H23N3O3S3.